The lowest BCUT2D eigenvalue weighted by Crippen LogP contribution is -2.28. The van der Waals surface area contributed by atoms with Crippen molar-refractivity contribution in [1.82, 2.24) is 5.32 Å². The van der Waals surface area contributed by atoms with Crippen molar-refractivity contribution in [3.8, 4) is 5.75 Å². The third-order valence-corrected chi connectivity index (χ3v) is 5.58. The van der Waals surface area contributed by atoms with Crippen molar-refractivity contribution in [2.24, 2.45) is 0 Å². The van der Waals surface area contributed by atoms with Crippen LogP contribution in [0.25, 0.3) is 5.70 Å². The Morgan fingerprint density at radius 2 is 1.85 bits per heavy atom. The second-order valence-electron chi connectivity index (χ2n) is 6.04. The highest BCUT2D eigenvalue weighted by Crippen LogP contribution is 2.37. The van der Waals surface area contributed by atoms with Gasteiger partial charge in [0, 0.05) is 16.0 Å². The minimum atomic E-state index is -0.116. The van der Waals surface area contributed by atoms with E-state index in [1.54, 1.807) is 31.4 Å². The van der Waals surface area contributed by atoms with E-state index in [1.165, 1.54) is 16.7 Å². The van der Waals surface area contributed by atoms with Gasteiger partial charge in [-0.05, 0) is 42.0 Å². The summed E-state index contributed by atoms with van der Waals surface area (Å²) in [5.41, 5.74) is 3.30. The van der Waals surface area contributed by atoms with Crippen molar-refractivity contribution < 1.29 is 9.53 Å². The molecule has 2 heterocycles. The minimum Gasteiger partial charge on any atom is -0.497 e. The Morgan fingerprint density at radius 3 is 2.52 bits per heavy atom. The van der Waals surface area contributed by atoms with E-state index < -0.39 is 0 Å². The molecule has 2 aliphatic rings. The lowest BCUT2D eigenvalue weighted by molar-refractivity contribution is -0.116. The molecule has 1 fully saturated rings. The molecular weight excluding hydrogens is 382 g/mol. The molecule has 27 heavy (non-hydrogen) atoms. The summed E-state index contributed by atoms with van der Waals surface area (Å²) >= 11 is 7.44. The number of halogens is 1. The molecule has 2 N–H and O–H groups in total. The van der Waals surface area contributed by atoms with E-state index in [0.29, 0.717) is 22.0 Å². The highest BCUT2D eigenvalue weighted by Gasteiger charge is 2.35. The number of thioether (sulfide) groups is 1. The van der Waals surface area contributed by atoms with Crippen LogP contribution >= 0.6 is 23.4 Å². The monoisotopic (exact) mass is 397 g/mol. The summed E-state index contributed by atoms with van der Waals surface area (Å²) in [7, 11) is 1.59. The van der Waals surface area contributed by atoms with E-state index in [0.717, 1.165) is 16.3 Å². The first-order valence-electron chi connectivity index (χ1n) is 8.25. The molecule has 0 radical (unpaired) electrons. The quantitative estimate of drug-likeness (QED) is 0.793. The molecule has 4 rings (SSSR count). The molecule has 5 nitrogen and oxygen atoms in total. The number of anilines is 1. The topological polar surface area (TPSA) is 65.4 Å². The fraction of sp³-hybridized carbons (Fsp3) is 0.100. The van der Waals surface area contributed by atoms with Crippen LogP contribution < -0.4 is 15.0 Å². The van der Waals surface area contributed by atoms with Crippen LogP contribution in [0.2, 0.25) is 5.02 Å². The van der Waals surface area contributed by atoms with Gasteiger partial charge in [0.05, 0.1) is 29.9 Å². The first-order chi connectivity index (χ1) is 13.1. The van der Waals surface area contributed by atoms with E-state index in [2.05, 4.69) is 5.32 Å². The summed E-state index contributed by atoms with van der Waals surface area (Å²) in [5.74, 6) is 0.793. The molecule has 0 saturated carbocycles. The van der Waals surface area contributed by atoms with Gasteiger partial charge in [-0.3, -0.25) is 15.1 Å². The largest absolute Gasteiger partial charge is 0.497 e. The van der Waals surface area contributed by atoms with Crippen LogP contribution in [-0.4, -0.2) is 18.9 Å². The highest BCUT2D eigenvalue weighted by molar-refractivity contribution is 8.06. The molecular formula is C20H16ClN3O2S. The van der Waals surface area contributed by atoms with Crippen LogP contribution in [0.5, 0.6) is 5.75 Å². The van der Waals surface area contributed by atoms with E-state index >= 15 is 0 Å². The third-order valence-electron chi connectivity index (χ3n) is 4.39. The molecule has 0 bridgehead atoms. The van der Waals surface area contributed by atoms with Gasteiger partial charge in [-0.1, -0.05) is 35.5 Å². The Kier molecular flexibility index (Phi) is 4.68. The molecule has 0 aliphatic carbocycles. The molecule has 0 atom stereocenters. The summed E-state index contributed by atoms with van der Waals surface area (Å²) in [6.07, 6.45) is 0.196. The van der Waals surface area contributed by atoms with Gasteiger partial charge in [0.2, 0.25) is 5.91 Å². The fourth-order valence-corrected chi connectivity index (χ4v) is 4.02. The molecule has 0 aromatic heterocycles. The molecule has 1 amide bonds. The Labute approximate surface area is 166 Å². The maximum absolute atomic E-state index is 12.5. The maximum Gasteiger partial charge on any atom is 0.237 e. The van der Waals surface area contributed by atoms with Gasteiger partial charge < -0.3 is 10.1 Å². The van der Waals surface area contributed by atoms with Crippen molar-refractivity contribution >= 4 is 46.5 Å². The predicted molar refractivity (Wildman–Crippen MR) is 110 cm³/mol. The van der Waals surface area contributed by atoms with Gasteiger partial charge in [0.15, 0.2) is 0 Å². The Bertz CT molecular complexity index is 981. The number of amides is 1. The van der Waals surface area contributed by atoms with Crippen LogP contribution in [0, 0.1) is 5.41 Å². The SMILES string of the molecule is COc1ccc(N2C(=N)/C(=C3/NC(c4ccc(Cl)cc4)=CS3)CC2=O)cc1. The molecule has 1 saturated heterocycles. The zero-order valence-electron chi connectivity index (χ0n) is 14.5. The van der Waals surface area contributed by atoms with Crippen molar-refractivity contribution in [3.63, 3.8) is 0 Å². The summed E-state index contributed by atoms with van der Waals surface area (Å²) in [5, 5.41) is 15.3. The molecule has 0 spiro atoms. The number of benzene rings is 2. The van der Waals surface area contributed by atoms with Gasteiger partial charge >= 0.3 is 0 Å². The highest BCUT2D eigenvalue weighted by atomic mass is 35.5. The smallest absolute Gasteiger partial charge is 0.237 e. The van der Waals surface area contributed by atoms with E-state index in [-0.39, 0.29) is 18.2 Å². The molecule has 7 heteroatoms. The summed E-state index contributed by atoms with van der Waals surface area (Å²) in [4.78, 5) is 14.0. The lowest BCUT2D eigenvalue weighted by Gasteiger charge is -2.16. The number of carbonyl (C=O) groups excluding carboxylic acids is 1. The number of ether oxygens (including phenoxy) is 1. The standard InChI is InChI=1S/C20H16ClN3O2S/c1-26-15-8-6-14(7-9-15)24-18(25)10-16(19(24)22)20-23-17(11-27-20)12-2-4-13(21)5-3-12/h2-9,11,22-23H,10H2,1H3/b20-16-,22-19?. The number of amidine groups is 1. The summed E-state index contributed by atoms with van der Waals surface area (Å²) < 4.78 is 5.15. The summed E-state index contributed by atoms with van der Waals surface area (Å²) in [6.45, 7) is 0. The number of rotatable bonds is 3. The molecule has 2 aliphatic heterocycles. The fourth-order valence-electron chi connectivity index (χ4n) is 2.98. The Morgan fingerprint density at radius 1 is 1.15 bits per heavy atom. The van der Waals surface area contributed by atoms with E-state index in [9.17, 15) is 4.79 Å². The van der Waals surface area contributed by atoms with Crippen LogP contribution in [-0.2, 0) is 4.79 Å². The van der Waals surface area contributed by atoms with Crippen LogP contribution in [0.15, 0.2) is 64.5 Å². The van der Waals surface area contributed by atoms with Crippen molar-refractivity contribution in [2.75, 3.05) is 12.0 Å². The number of nitrogens with one attached hydrogen (secondary N) is 2. The average Bonchev–Trinajstić information content (AvgIpc) is 3.27. The van der Waals surface area contributed by atoms with Crippen molar-refractivity contribution in [2.45, 2.75) is 6.42 Å². The minimum absolute atomic E-state index is 0.116. The summed E-state index contributed by atoms with van der Waals surface area (Å²) in [6, 6.07) is 14.7. The number of nitrogens with zero attached hydrogens (tertiary/aromatic N) is 1. The van der Waals surface area contributed by atoms with Gasteiger partial charge in [0.25, 0.3) is 0 Å². The maximum atomic E-state index is 12.5. The Balaban J connectivity index is 1.57. The average molecular weight is 398 g/mol. The number of hydrogen-bond donors (Lipinski definition) is 2. The zero-order chi connectivity index (χ0) is 19.0. The van der Waals surface area contributed by atoms with Gasteiger partial charge in [-0.15, -0.1) is 0 Å². The molecule has 2 aromatic rings. The first kappa shape index (κ1) is 17.7. The zero-order valence-corrected chi connectivity index (χ0v) is 16.0. The Hall–Kier alpha value is -2.70. The first-order valence-corrected chi connectivity index (χ1v) is 9.51. The van der Waals surface area contributed by atoms with Crippen molar-refractivity contribution in [3.05, 3.63) is 75.1 Å². The lowest BCUT2D eigenvalue weighted by atomic mass is 10.1. The normalized spacial score (nSPS) is 19.3. The van der Waals surface area contributed by atoms with Crippen LogP contribution in [0.3, 0.4) is 0 Å². The second kappa shape index (κ2) is 7.13. The van der Waals surface area contributed by atoms with Crippen molar-refractivity contribution in [1.29, 1.82) is 5.41 Å². The molecule has 136 valence electrons. The number of carbonyl (C=O) groups is 1. The van der Waals surface area contributed by atoms with Gasteiger partial charge in [-0.25, -0.2) is 0 Å². The van der Waals surface area contributed by atoms with Crippen LogP contribution in [0.1, 0.15) is 12.0 Å². The molecule has 0 unspecified atom stereocenters. The van der Waals surface area contributed by atoms with Gasteiger partial charge in [-0.2, -0.15) is 0 Å². The predicted octanol–water partition coefficient (Wildman–Crippen LogP) is 4.61. The van der Waals surface area contributed by atoms with E-state index in [4.69, 9.17) is 21.7 Å². The van der Waals surface area contributed by atoms with E-state index in [1.807, 2.05) is 29.7 Å². The number of hydrogen-bond acceptors (Lipinski definition) is 5. The molecule has 2 aromatic carbocycles. The van der Waals surface area contributed by atoms with Crippen LogP contribution in [0.4, 0.5) is 5.69 Å². The number of methoxy groups -OCH3 is 1. The van der Waals surface area contributed by atoms with Gasteiger partial charge in [0.1, 0.15) is 11.6 Å². The second-order valence-corrected chi connectivity index (χ2v) is 7.36. The third kappa shape index (κ3) is 3.34.